The topological polar surface area (TPSA) is 82.2 Å². The maximum Gasteiger partial charge on any atom is 0.224 e. The van der Waals surface area contributed by atoms with Gasteiger partial charge in [0.2, 0.25) is 5.91 Å². The Morgan fingerprint density at radius 3 is 2.36 bits per heavy atom. The molecule has 5 nitrogen and oxygen atoms in total. The van der Waals surface area contributed by atoms with Crippen molar-refractivity contribution in [1.29, 1.82) is 5.26 Å². The zero-order chi connectivity index (χ0) is 23.4. The minimum Gasteiger partial charge on any atom is -0.378 e. The number of amides is 1. The van der Waals surface area contributed by atoms with Crippen LogP contribution in [-0.2, 0) is 4.79 Å². The zero-order valence-electron chi connectivity index (χ0n) is 18.8. The Bertz CT molecular complexity index is 1260. The van der Waals surface area contributed by atoms with E-state index in [-0.39, 0.29) is 18.0 Å². The van der Waals surface area contributed by atoms with Crippen molar-refractivity contribution < 1.29 is 4.79 Å². The molecule has 3 aromatic carbocycles. The van der Waals surface area contributed by atoms with Crippen molar-refractivity contribution in [1.82, 2.24) is 0 Å². The first-order chi connectivity index (χ1) is 16.0. The third kappa shape index (κ3) is 4.75. The molecule has 1 aliphatic heterocycles. The number of carbonyl (C=O) groups is 1. The van der Waals surface area contributed by atoms with Gasteiger partial charge in [0.05, 0.1) is 24.2 Å². The van der Waals surface area contributed by atoms with Gasteiger partial charge in [-0.15, -0.1) is 0 Å². The van der Waals surface area contributed by atoms with Crippen molar-refractivity contribution in [3.63, 3.8) is 0 Å². The number of anilines is 2. The molecular formula is C28H26N4O. The fourth-order valence-electron chi connectivity index (χ4n) is 4.40. The summed E-state index contributed by atoms with van der Waals surface area (Å²) in [5.41, 5.74) is 12.1. The third-order valence-corrected chi connectivity index (χ3v) is 5.93. The van der Waals surface area contributed by atoms with E-state index in [0.29, 0.717) is 12.1 Å². The Morgan fingerprint density at radius 2 is 1.73 bits per heavy atom. The van der Waals surface area contributed by atoms with Crippen molar-refractivity contribution in [2.75, 3.05) is 16.8 Å². The van der Waals surface area contributed by atoms with Crippen LogP contribution < -0.4 is 16.0 Å². The van der Waals surface area contributed by atoms with Gasteiger partial charge in [0, 0.05) is 29.9 Å². The van der Waals surface area contributed by atoms with Crippen LogP contribution in [0.15, 0.2) is 66.7 Å². The van der Waals surface area contributed by atoms with E-state index in [4.69, 9.17) is 11.0 Å². The lowest BCUT2D eigenvalue weighted by Crippen LogP contribution is -2.43. The second-order valence-electron chi connectivity index (χ2n) is 8.22. The highest BCUT2D eigenvalue weighted by atomic mass is 16.2. The summed E-state index contributed by atoms with van der Waals surface area (Å²) in [6.07, 6.45) is 0.790. The van der Waals surface area contributed by atoms with Crippen molar-refractivity contribution in [2.24, 2.45) is 5.73 Å². The molecule has 0 fully saturated rings. The Labute approximate surface area is 194 Å². The first kappa shape index (κ1) is 22.1. The Morgan fingerprint density at radius 1 is 1.06 bits per heavy atom. The standard InChI is InChI=1S/C28H26N4O/c1-19-16-27(31-25-12-7-21(8-13-25)4-3-15-29)26-17-24(11-14-28(26)32(19)20(2)33)23-9-5-22(18-30)6-10-23/h5-14,17,19,27,31H,15-16,29H2,1-2H3/t19-,27+/m0/s1. The van der Waals surface area contributed by atoms with E-state index in [2.05, 4.69) is 36.2 Å². The van der Waals surface area contributed by atoms with E-state index in [9.17, 15) is 4.79 Å². The average Bonchev–Trinajstić information content (AvgIpc) is 2.83. The average molecular weight is 435 g/mol. The highest BCUT2D eigenvalue weighted by Crippen LogP contribution is 2.41. The van der Waals surface area contributed by atoms with Gasteiger partial charge >= 0.3 is 0 Å². The molecule has 2 atom stereocenters. The molecule has 5 heteroatoms. The van der Waals surface area contributed by atoms with E-state index < -0.39 is 0 Å². The van der Waals surface area contributed by atoms with E-state index in [0.717, 1.165) is 40.0 Å². The number of nitriles is 1. The highest BCUT2D eigenvalue weighted by molar-refractivity contribution is 5.94. The van der Waals surface area contributed by atoms with Gasteiger partial charge in [0.1, 0.15) is 0 Å². The molecule has 164 valence electrons. The minimum atomic E-state index is 0.0381. The fourth-order valence-corrected chi connectivity index (χ4v) is 4.40. The number of hydrogen-bond donors (Lipinski definition) is 2. The summed E-state index contributed by atoms with van der Waals surface area (Å²) in [7, 11) is 0. The molecular weight excluding hydrogens is 408 g/mol. The van der Waals surface area contributed by atoms with Gasteiger partial charge in [0.25, 0.3) is 0 Å². The summed E-state index contributed by atoms with van der Waals surface area (Å²) in [6.45, 7) is 4.04. The quantitative estimate of drug-likeness (QED) is 0.578. The summed E-state index contributed by atoms with van der Waals surface area (Å²) >= 11 is 0. The van der Waals surface area contributed by atoms with Crippen molar-refractivity contribution in [3.05, 3.63) is 83.4 Å². The number of fused-ring (bicyclic) bond motifs is 1. The Balaban J connectivity index is 1.70. The lowest BCUT2D eigenvalue weighted by atomic mass is 9.88. The number of hydrogen-bond acceptors (Lipinski definition) is 4. The lowest BCUT2D eigenvalue weighted by Gasteiger charge is -2.39. The van der Waals surface area contributed by atoms with Gasteiger partial charge in [-0.1, -0.05) is 30.0 Å². The molecule has 1 aliphatic rings. The second-order valence-corrected chi connectivity index (χ2v) is 8.22. The van der Waals surface area contributed by atoms with Crippen LogP contribution >= 0.6 is 0 Å². The van der Waals surface area contributed by atoms with E-state index in [1.807, 2.05) is 65.6 Å². The molecule has 0 saturated heterocycles. The van der Waals surface area contributed by atoms with Gasteiger partial charge in [-0.3, -0.25) is 4.79 Å². The first-order valence-electron chi connectivity index (χ1n) is 11.0. The van der Waals surface area contributed by atoms with Crippen molar-refractivity contribution in [2.45, 2.75) is 32.4 Å². The monoisotopic (exact) mass is 434 g/mol. The first-order valence-corrected chi connectivity index (χ1v) is 11.0. The molecule has 0 bridgehead atoms. The number of nitrogens with zero attached hydrogens (tertiary/aromatic N) is 2. The van der Waals surface area contributed by atoms with Crippen molar-refractivity contribution >= 4 is 17.3 Å². The lowest BCUT2D eigenvalue weighted by molar-refractivity contribution is -0.117. The second kappa shape index (κ2) is 9.61. The van der Waals surface area contributed by atoms with E-state index >= 15 is 0 Å². The summed E-state index contributed by atoms with van der Waals surface area (Å²) < 4.78 is 0. The van der Waals surface area contributed by atoms with Crippen LogP contribution in [0, 0.1) is 23.2 Å². The SMILES string of the molecule is CC(=O)N1c2ccc(-c3ccc(C#N)cc3)cc2[C@H](Nc2ccc(C#CCN)cc2)C[C@@H]1C. The number of carbonyl (C=O) groups excluding carboxylic acids is 1. The molecule has 4 rings (SSSR count). The molecule has 1 heterocycles. The molecule has 1 amide bonds. The van der Waals surface area contributed by atoms with Gasteiger partial charge in [-0.2, -0.15) is 5.26 Å². The molecule has 33 heavy (non-hydrogen) atoms. The van der Waals surface area contributed by atoms with Gasteiger partial charge < -0.3 is 16.0 Å². The predicted molar refractivity (Wildman–Crippen MR) is 133 cm³/mol. The summed E-state index contributed by atoms with van der Waals surface area (Å²) in [5, 5.41) is 12.7. The minimum absolute atomic E-state index is 0.0381. The molecule has 0 unspecified atom stereocenters. The van der Waals surface area contributed by atoms with E-state index in [1.165, 1.54) is 0 Å². The Hall–Kier alpha value is -4.06. The Kier molecular flexibility index (Phi) is 6.45. The number of nitrogens with one attached hydrogen (secondary N) is 1. The summed E-state index contributed by atoms with van der Waals surface area (Å²) in [6, 6.07) is 24.1. The molecule has 0 aromatic heterocycles. The maximum absolute atomic E-state index is 12.4. The van der Waals surface area contributed by atoms with Crippen LogP contribution in [0.4, 0.5) is 11.4 Å². The summed E-state index contributed by atoms with van der Waals surface area (Å²) in [5.74, 6) is 5.95. The third-order valence-electron chi connectivity index (χ3n) is 5.93. The van der Waals surface area contributed by atoms with Crippen LogP contribution in [0.25, 0.3) is 11.1 Å². The molecule has 0 aliphatic carbocycles. The van der Waals surface area contributed by atoms with Crippen LogP contribution in [0.5, 0.6) is 0 Å². The predicted octanol–water partition coefficient (Wildman–Crippen LogP) is 4.83. The van der Waals surface area contributed by atoms with E-state index in [1.54, 1.807) is 6.92 Å². The zero-order valence-corrected chi connectivity index (χ0v) is 18.8. The molecule has 0 spiro atoms. The number of nitrogens with two attached hydrogens (primary N) is 1. The van der Waals surface area contributed by atoms with Gasteiger partial charge in [0.15, 0.2) is 0 Å². The van der Waals surface area contributed by atoms with Gasteiger partial charge in [-0.25, -0.2) is 0 Å². The molecule has 3 aromatic rings. The smallest absolute Gasteiger partial charge is 0.224 e. The van der Waals surface area contributed by atoms with Crippen LogP contribution in [0.1, 0.15) is 43.0 Å². The fraction of sp³-hybridized carbons (Fsp3) is 0.214. The van der Waals surface area contributed by atoms with Crippen LogP contribution in [0.3, 0.4) is 0 Å². The van der Waals surface area contributed by atoms with Crippen LogP contribution in [0.2, 0.25) is 0 Å². The van der Waals surface area contributed by atoms with Gasteiger partial charge in [-0.05, 0) is 78.6 Å². The summed E-state index contributed by atoms with van der Waals surface area (Å²) in [4.78, 5) is 14.3. The largest absolute Gasteiger partial charge is 0.378 e. The molecule has 3 N–H and O–H groups in total. The highest BCUT2D eigenvalue weighted by Gasteiger charge is 2.32. The van der Waals surface area contributed by atoms with Crippen LogP contribution in [-0.4, -0.2) is 18.5 Å². The molecule has 0 radical (unpaired) electrons. The number of rotatable bonds is 3. The normalized spacial score (nSPS) is 16.7. The maximum atomic E-state index is 12.4. The van der Waals surface area contributed by atoms with Crippen molar-refractivity contribution in [3.8, 4) is 29.0 Å². The molecule has 0 saturated carbocycles. The number of benzene rings is 3.